The third kappa shape index (κ3) is 9.28. The molecular formula is C30H30BrFN4O5. The van der Waals surface area contributed by atoms with Crippen molar-refractivity contribution >= 4 is 51.2 Å². The van der Waals surface area contributed by atoms with Gasteiger partial charge in [-0.2, -0.15) is 5.10 Å². The molecule has 3 rings (SSSR count). The average Bonchev–Trinajstić information content (AvgIpc) is 2.95. The molecule has 0 bridgehead atoms. The van der Waals surface area contributed by atoms with E-state index in [0.717, 1.165) is 0 Å². The molecule has 1 atom stereocenters. The van der Waals surface area contributed by atoms with Crippen molar-refractivity contribution in [1.29, 1.82) is 0 Å². The molecule has 0 fully saturated rings. The van der Waals surface area contributed by atoms with Gasteiger partial charge in [0.15, 0.2) is 18.1 Å². The zero-order valence-corrected chi connectivity index (χ0v) is 24.2. The van der Waals surface area contributed by atoms with Crippen molar-refractivity contribution in [3.8, 4) is 11.5 Å². The van der Waals surface area contributed by atoms with Crippen LogP contribution in [0.25, 0.3) is 0 Å². The molecule has 1 unspecified atom stereocenters. The van der Waals surface area contributed by atoms with Crippen LogP contribution in [0.15, 0.2) is 82.9 Å². The van der Waals surface area contributed by atoms with Gasteiger partial charge in [0.25, 0.3) is 11.8 Å². The van der Waals surface area contributed by atoms with Crippen molar-refractivity contribution in [1.82, 2.24) is 5.43 Å². The Hall–Kier alpha value is -4.51. The average molecular weight is 625 g/mol. The number of para-hydroxylation sites is 1. The monoisotopic (exact) mass is 624 g/mol. The zero-order valence-electron chi connectivity index (χ0n) is 22.6. The molecule has 0 spiro atoms. The maximum absolute atomic E-state index is 13.1. The van der Waals surface area contributed by atoms with Gasteiger partial charge >= 0.3 is 0 Å². The van der Waals surface area contributed by atoms with Crippen LogP contribution in [0.3, 0.4) is 0 Å². The van der Waals surface area contributed by atoms with Crippen LogP contribution in [-0.2, 0) is 20.8 Å². The molecule has 0 saturated carbocycles. The van der Waals surface area contributed by atoms with Crippen LogP contribution in [0.5, 0.6) is 11.5 Å². The first-order valence-corrected chi connectivity index (χ1v) is 13.5. The van der Waals surface area contributed by atoms with Crippen molar-refractivity contribution in [3.63, 3.8) is 0 Å². The summed E-state index contributed by atoms with van der Waals surface area (Å²) in [5.41, 5.74) is 4.63. The van der Waals surface area contributed by atoms with Gasteiger partial charge in [0.1, 0.15) is 11.7 Å². The second kappa shape index (κ2) is 15.3. The summed E-state index contributed by atoms with van der Waals surface area (Å²) in [4.78, 5) is 37.5. The fourth-order valence-electron chi connectivity index (χ4n) is 3.55. The third-order valence-corrected chi connectivity index (χ3v) is 6.29. The summed E-state index contributed by atoms with van der Waals surface area (Å²) >= 11 is 3.35. The van der Waals surface area contributed by atoms with E-state index in [0.29, 0.717) is 51.5 Å². The maximum atomic E-state index is 13.1. The summed E-state index contributed by atoms with van der Waals surface area (Å²) in [5, 5.41) is 9.35. The van der Waals surface area contributed by atoms with Gasteiger partial charge in [-0.15, -0.1) is 6.58 Å². The predicted molar refractivity (Wildman–Crippen MR) is 160 cm³/mol. The number of hydrogen-bond donors (Lipinski definition) is 3. The van der Waals surface area contributed by atoms with E-state index in [1.165, 1.54) is 37.4 Å². The first-order valence-electron chi connectivity index (χ1n) is 12.7. The Morgan fingerprint density at radius 1 is 1.05 bits per heavy atom. The lowest BCUT2D eigenvalue weighted by atomic mass is 10.1. The van der Waals surface area contributed by atoms with Gasteiger partial charge in [-0.1, -0.05) is 18.2 Å². The molecule has 3 aromatic rings. The van der Waals surface area contributed by atoms with E-state index < -0.39 is 29.5 Å². The molecular weight excluding hydrogens is 595 g/mol. The minimum atomic E-state index is -1.01. The molecule has 214 valence electrons. The fourth-order valence-corrected chi connectivity index (χ4v) is 3.93. The summed E-state index contributed by atoms with van der Waals surface area (Å²) in [7, 11) is 0. The smallest absolute Gasteiger partial charge is 0.262 e. The van der Waals surface area contributed by atoms with E-state index in [4.69, 9.17) is 9.47 Å². The lowest BCUT2D eigenvalue weighted by molar-refractivity contribution is -0.131. The van der Waals surface area contributed by atoms with Gasteiger partial charge in [-0.05, 0) is 90.3 Å². The van der Waals surface area contributed by atoms with Crippen LogP contribution in [-0.4, -0.2) is 37.1 Å². The lowest BCUT2D eigenvalue weighted by Gasteiger charge is -2.16. The summed E-state index contributed by atoms with van der Waals surface area (Å²) < 4.78 is 25.4. The van der Waals surface area contributed by atoms with Gasteiger partial charge in [-0.3, -0.25) is 14.4 Å². The Morgan fingerprint density at radius 3 is 2.46 bits per heavy atom. The number of carbonyl (C=O) groups is 3. The molecule has 9 nitrogen and oxygen atoms in total. The van der Waals surface area contributed by atoms with Gasteiger partial charge in [-0.25, -0.2) is 9.82 Å². The topological polar surface area (TPSA) is 118 Å². The number of halogens is 2. The van der Waals surface area contributed by atoms with Crippen LogP contribution in [0.4, 0.5) is 15.8 Å². The quantitative estimate of drug-likeness (QED) is 0.101. The highest BCUT2D eigenvalue weighted by molar-refractivity contribution is 9.10. The van der Waals surface area contributed by atoms with E-state index in [9.17, 15) is 18.8 Å². The summed E-state index contributed by atoms with van der Waals surface area (Å²) in [6.45, 7) is 7.07. The summed E-state index contributed by atoms with van der Waals surface area (Å²) in [5.74, 6) is -2.19. The molecule has 0 aliphatic rings. The van der Waals surface area contributed by atoms with Crippen LogP contribution in [0, 0.1) is 11.7 Å². The van der Waals surface area contributed by atoms with Crippen LogP contribution >= 0.6 is 15.9 Å². The summed E-state index contributed by atoms with van der Waals surface area (Å²) in [6, 6.07) is 15.9. The highest BCUT2D eigenvalue weighted by Crippen LogP contribution is 2.33. The Morgan fingerprint density at radius 2 is 1.78 bits per heavy atom. The molecule has 0 saturated heterocycles. The molecule has 0 heterocycles. The van der Waals surface area contributed by atoms with E-state index >= 15 is 0 Å². The normalized spacial score (nSPS) is 11.4. The van der Waals surface area contributed by atoms with Gasteiger partial charge in [0.2, 0.25) is 5.91 Å². The Bertz CT molecular complexity index is 1430. The molecule has 3 aromatic carbocycles. The zero-order chi connectivity index (χ0) is 29.8. The summed E-state index contributed by atoms with van der Waals surface area (Å²) in [6.07, 6.45) is 3.48. The molecule has 0 radical (unpaired) electrons. The van der Waals surface area contributed by atoms with E-state index in [1.807, 2.05) is 6.07 Å². The lowest BCUT2D eigenvalue weighted by Crippen LogP contribution is -2.34. The number of benzene rings is 3. The first kappa shape index (κ1) is 31.0. The molecule has 3 amide bonds. The molecule has 0 aliphatic heterocycles. The van der Waals surface area contributed by atoms with Crippen molar-refractivity contribution in [2.45, 2.75) is 20.3 Å². The number of nitrogens with zero attached hydrogens (tertiary/aromatic N) is 1. The molecule has 3 N–H and O–H groups in total. The number of carbonyl (C=O) groups excluding carboxylic acids is 3. The highest BCUT2D eigenvalue weighted by Gasteiger charge is 2.22. The Kier molecular flexibility index (Phi) is 11.6. The van der Waals surface area contributed by atoms with E-state index in [-0.39, 0.29) is 6.61 Å². The number of nitrogens with one attached hydrogen (secondary N) is 3. The molecule has 0 aromatic heterocycles. The van der Waals surface area contributed by atoms with Crippen LogP contribution in [0.2, 0.25) is 0 Å². The number of hydrogen-bond acceptors (Lipinski definition) is 6. The number of allylic oxidation sites excluding steroid dienone is 1. The SMILES string of the molecule is C=CCc1cc(C=NNC(=O)C(C)C(=O)Nc2ccccc2Br)cc(OCC)c1OCC(=O)Nc1ccc(F)cc1. The predicted octanol–water partition coefficient (Wildman–Crippen LogP) is 5.46. The van der Waals surface area contributed by atoms with E-state index in [1.54, 1.807) is 43.3 Å². The second-order valence-electron chi connectivity index (χ2n) is 8.70. The molecule has 0 aliphatic carbocycles. The van der Waals surface area contributed by atoms with Crippen molar-refractivity contribution in [2.24, 2.45) is 11.0 Å². The highest BCUT2D eigenvalue weighted by atomic mass is 79.9. The van der Waals surface area contributed by atoms with Crippen LogP contribution in [0.1, 0.15) is 25.0 Å². The molecule has 11 heteroatoms. The van der Waals surface area contributed by atoms with Crippen molar-refractivity contribution < 1.29 is 28.2 Å². The van der Waals surface area contributed by atoms with Crippen molar-refractivity contribution in [2.75, 3.05) is 23.8 Å². The fraction of sp³-hybridized carbons (Fsp3) is 0.200. The van der Waals surface area contributed by atoms with E-state index in [2.05, 4.69) is 43.7 Å². The maximum Gasteiger partial charge on any atom is 0.262 e. The minimum absolute atomic E-state index is 0.315. The number of hydrazone groups is 1. The number of rotatable bonds is 13. The van der Waals surface area contributed by atoms with Gasteiger partial charge < -0.3 is 20.1 Å². The van der Waals surface area contributed by atoms with Gasteiger partial charge in [0.05, 0.1) is 18.5 Å². The largest absolute Gasteiger partial charge is 0.490 e. The number of ether oxygens (including phenoxy) is 2. The Labute approximate surface area is 245 Å². The standard InChI is InChI=1S/C30H30BrFN4O5/c1-4-8-21-15-20(17-33-36-30(39)19(3)29(38)35-25-10-7-6-9-24(25)31)16-26(40-5-2)28(21)41-18-27(37)34-23-13-11-22(32)12-14-23/h4,6-7,9-17,19H,1,5,8,18H2,2-3H3,(H,34,37)(H,35,38)(H,36,39). The second-order valence-corrected chi connectivity index (χ2v) is 9.56. The third-order valence-electron chi connectivity index (χ3n) is 5.60. The van der Waals surface area contributed by atoms with Crippen LogP contribution < -0.4 is 25.5 Å². The first-order chi connectivity index (χ1) is 19.7. The molecule has 41 heavy (non-hydrogen) atoms. The minimum Gasteiger partial charge on any atom is -0.490 e. The Balaban J connectivity index is 1.68. The number of amides is 3. The number of anilines is 2. The van der Waals surface area contributed by atoms with Gasteiger partial charge in [0, 0.05) is 15.7 Å². The van der Waals surface area contributed by atoms with Crippen molar-refractivity contribution in [3.05, 3.63) is 94.7 Å².